The van der Waals surface area contributed by atoms with Gasteiger partial charge in [-0.1, -0.05) is 0 Å². The number of hydrogen-bond donors (Lipinski definition) is 1. The summed E-state index contributed by atoms with van der Waals surface area (Å²) in [6.45, 7) is 5.16. The standard InChI is InChI=1S/C15H19N5/c1-12-11-19(14-4-6-17-7-5-14)8-9-20(12)15-3-2-13(16)10-18-15/h2-7,10,12H,8-9,11,16H2,1H3. The second kappa shape index (κ2) is 5.36. The van der Waals surface area contributed by atoms with Crippen molar-refractivity contribution in [3.8, 4) is 0 Å². The van der Waals surface area contributed by atoms with Crippen LogP contribution in [0.5, 0.6) is 0 Å². The van der Waals surface area contributed by atoms with E-state index in [9.17, 15) is 0 Å². The quantitative estimate of drug-likeness (QED) is 0.900. The first kappa shape index (κ1) is 12.7. The van der Waals surface area contributed by atoms with Crippen molar-refractivity contribution in [2.75, 3.05) is 35.2 Å². The molecule has 0 bridgehead atoms. The molecule has 0 aliphatic carbocycles. The Bertz CT molecular complexity index is 554. The molecule has 0 aromatic carbocycles. The lowest BCUT2D eigenvalue weighted by molar-refractivity contribution is 0.546. The van der Waals surface area contributed by atoms with E-state index in [0.717, 1.165) is 25.5 Å². The highest BCUT2D eigenvalue weighted by Crippen LogP contribution is 2.22. The van der Waals surface area contributed by atoms with Gasteiger partial charge in [0.25, 0.3) is 0 Å². The number of nitrogen functional groups attached to an aromatic ring is 1. The summed E-state index contributed by atoms with van der Waals surface area (Å²) in [4.78, 5) is 13.2. The highest BCUT2D eigenvalue weighted by atomic mass is 15.3. The van der Waals surface area contributed by atoms with Gasteiger partial charge in [-0.3, -0.25) is 4.98 Å². The normalized spacial score (nSPS) is 19.1. The minimum Gasteiger partial charge on any atom is -0.397 e. The van der Waals surface area contributed by atoms with Gasteiger partial charge < -0.3 is 15.5 Å². The zero-order valence-corrected chi connectivity index (χ0v) is 11.6. The number of rotatable bonds is 2. The highest BCUT2D eigenvalue weighted by Gasteiger charge is 2.24. The van der Waals surface area contributed by atoms with Crippen molar-refractivity contribution >= 4 is 17.2 Å². The van der Waals surface area contributed by atoms with Crippen LogP contribution in [0.1, 0.15) is 6.92 Å². The number of hydrogen-bond acceptors (Lipinski definition) is 5. The van der Waals surface area contributed by atoms with E-state index in [4.69, 9.17) is 5.73 Å². The number of piperazine rings is 1. The molecule has 104 valence electrons. The van der Waals surface area contributed by atoms with E-state index >= 15 is 0 Å². The smallest absolute Gasteiger partial charge is 0.128 e. The maximum atomic E-state index is 5.69. The predicted octanol–water partition coefficient (Wildman–Crippen LogP) is 1.77. The Kier molecular flexibility index (Phi) is 3.41. The number of aromatic nitrogens is 2. The molecule has 1 fully saturated rings. The van der Waals surface area contributed by atoms with Gasteiger partial charge in [0.15, 0.2) is 0 Å². The number of nitrogens with two attached hydrogens (primary N) is 1. The van der Waals surface area contributed by atoms with Gasteiger partial charge in [-0.2, -0.15) is 0 Å². The average molecular weight is 269 g/mol. The Morgan fingerprint density at radius 3 is 2.60 bits per heavy atom. The van der Waals surface area contributed by atoms with Crippen molar-refractivity contribution in [2.45, 2.75) is 13.0 Å². The topological polar surface area (TPSA) is 58.3 Å². The van der Waals surface area contributed by atoms with Crippen LogP contribution in [0.15, 0.2) is 42.9 Å². The lowest BCUT2D eigenvalue weighted by Crippen LogP contribution is -2.52. The molecule has 2 aromatic rings. The van der Waals surface area contributed by atoms with Gasteiger partial charge in [0, 0.05) is 43.8 Å². The monoisotopic (exact) mass is 269 g/mol. The maximum absolute atomic E-state index is 5.69. The third-order valence-corrected chi connectivity index (χ3v) is 3.72. The fourth-order valence-electron chi connectivity index (χ4n) is 2.65. The minimum atomic E-state index is 0.410. The van der Waals surface area contributed by atoms with Crippen LogP contribution in [0.3, 0.4) is 0 Å². The lowest BCUT2D eigenvalue weighted by atomic mass is 10.1. The third kappa shape index (κ3) is 2.52. The Hall–Kier alpha value is -2.30. The molecule has 1 unspecified atom stereocenters. The van der Waals surface area contributed by atoms with Gasteiger partial charge in [-0.25, -0.2) is 4.98 Å². The predicted molar refractivity (Wildman–Crippen MR) is 81.9 cm³/mol. The van der Waals surface area contributed by atoms with E-state index in [1.165, 1.54) is 5.69 Å². The summed E-state index contributed by atoms with van der Waals surface area (Å²) in [5, 5.41) is 0. The van der Waals surface area contributed by atoms with Crippen LogP contribution in [0.2, 0.25) is 0 Å². The van der Waals surface area contributed by atoms with Gasteiger partial charge >= 0.3 is 0 Å². The Morgan fingerprint density at radius 1 is 1.15 bits per heavy atom. The minimum absolute atomic E-state index is 0.410. The molecule has 3 rings (SSSR count). The van der Waals surface area contributed by atoms with Crippen LogP contribution < -0.4 is 15.5 Å². The molecule has 1 saturated heterocycles. The molecule has 5 nitrogen and oxygen atoms in total. The fourth-order valence-corrected chi connectivity index (χ4v) is 2.65. The highest BCUT2D eigenvalue weighted by molar-refractivity contribution is 5.51. The van der Waals surface area contributed by atoms with Crippen LogP contribution >= 0.6 is 0 Å². The first-order chi connectivity index (χ1) is 9.74. The molecule has 5 heteroatoms. The molecule has 0 radical (unpaired) electrons. The summed E-state index contributed by atoms with van der Waals surface area (Å²) in [6.07, 6.45) is 5.40. The molecule has 0 saturated carbocycles. The van der Waals surface area contributed by atoms with Crippen LogP contribution in [0, 0.1) is 0 Å². The van der Waals surface area contributed by atoms with Gasteiger partial charge in [0.1, 0.15) is 5.82 Å². The van der Waals surface area contributed by atoms with Gasteiger partial charge in [-0.05, 0) is 31.2 Å². The van der Waals surface area contributed by atoms with E-state index in [0.29, 0.717) is 11.7 Å². The SMILES string of the molecule is CC1CN(c2ccncc2)CCN1c1ccc(N)cn1. The molecular weight excluding hydrogens is 250 g/mol. The number of pyridine rings is 2. The maximum Gasteiger partial charge on any atom is 0.128 e. The second-order valence-electron chi connectivity index (χ2n) is 5.14. The second-order valence-corrected chi connectivity index (χ2v) is 5.14. The van der Waals surface area contributed by atoms with Crippen LogP contribution in [-0.2, 0) is 0 Å². The molecule has 20 heavy (non-hydrogen) atoms. The molecule has 1 atom stereocenters. The lowest BCUT2D eigenvalue weighted by Gasteiger charge is -2.41. The Morgan fingerprint density at radius 2 is 1.95 bits per heavy atom. The van der Waals surface area contributed by atoms with Gasteiger partial charge in [-0.15, -0.1) is 0 Å². The van der Waals surface area contributed by atoms with Crippen LogP contribution in [-0.4, -0.2) is 35.6 Å². The molecule has 0 spiro atoms. The van der Waals surface area contributed by atoms with E-state index < -0.39 is 0 Å². The summed E-state index contributed by atoms with van der Waals surface area (Å²) in [7, 11) is 0. The van der Waals surface area contributed by atoms with Crippen molar-refractivity contribution in [3.63, 3.8) is 0 Å². The summed E-state index contributed by atoms with van der Waals surface area (Å²) >= 11 is 0. The number of nitrogens with zero attached hydrogens (tertiary/aromatic N) is 4. The average Bonchev–Trinajstić information content (AvgIpc) is 2.49. The largest absolute Gasteiger partial charge is 0.397 e. The third-order valence-electron chi connectivity index (χ3n) is 3.72. The zero-order valence-electron chi connectivity index (χ0n) is 11.6. The van der Waals surface area contributed by atoms with Crippen LogP contribution in [0.4, 0.5) is 17.2 Å². The van der Waals surface area contributed by atoms with Gasteiger partial charge in [0.05, 0.1) is 11.9 Å². The summed E-state index contributed by atoms with van der Waals surface area (Å²) in [5.74, 6) is 1.00. The molecule has 2 aromatic heterocycles. The first-order valence-electron chi connectivity index (χ1n) is 6.87. The van der Waals surface area contributed by atoms with Crippen molar-refractivity contribution < 1.29 is 0 Å². The molecule has 1 aliphatic heterocycles. The van der Waals surface area contributed by atoms with Crippen LogP contribution in [0.25, 0.3) is 0 Å². The molecule has 1 aliphatic rings. The fraction of sp³-hybridized carbons (Fsp3) is 0.333. The summed E-state index contributed by atoms with van der Waals surface area (Å²) in [6, 6.07) is 8.43. The molecular formula is C15H19N5. The van der Waals surface area contributed by atoms with E-state index in [1.54, 1.807) is 6.20 Å². The van der Waals surface area contributed by atoms with E-state index in [-0.39, 0.29) is 0 Å². The molecule has 0 amide bonds. The van der Waals surface area contributed by atoms with Crippen molar-refractivity contribution in [1.29, 1.82) is 0 Å². The first-order valence-corrected chi connectivity index (χ1v) is 6.87. The van der Waals surface area contributed by atoms with Crippen molar-refractivity contribution in [1.82, 2.24) is 9.97 Å². The Balaban J connectivity index is 1.72. The summed E-state index contributed by atoms with van der Waals surface area (Å²) in [5.41, 5.74) is 7.63. The number of anilines is 3. The van der Waals surface area contributed by atoms with E-state index in [1.807, 2.05) is 24.5 Å². The van der Waals surface area contributed by atoms with Crippen molar-refractivity contribution in [2.24, 2.45) is 0 Å². The molecule has 2 N–H and O–H groups in total. The van der Waals surface area contributed by atoms with Crippen molar-refractivity contribution in [3.05, 3.63) is 42.9 Å². The summed E-state index contributed by atoms with van der Waals surface area (Å²) < 4.78 is 0. The Labute approximate surface area is 119 Å². The molecule has 3 heterocycles. The zero-order chi connectivity index (χ0) is 13.9. The van der Waals surface area contributed by atoms with E-state index in [2.05, 4.69) is 38.8 Å². The van der Waals surface area contributed by atoms with Gasteiger partial charge in [0.2, 0.25) is 0 Å².